The SMILES string of the molecule is Nc1ccnc(N)c1.c1cc[nH]c1. The van der Waals surface area contributed by atoms with Crippen molar-refractivity contribution in [2.24, 2.45) is 0 Å². The van der Waals surface area contributed by atoms with Crippen molar-refractivity contribution in [3.05, 3.63) is 42.9 Å². The second kappa shape index (κ2) is 4.82. The standard InChI is InChI=1S/C5H7N3.C4H5N/c6-4-1-2-8-5(7)3-4;1-2-4-5-3-1/h1-3H,(H4,6,7,8);1-5H. The first-order chi connectivity index (χ1) is 6.29. The van der Waals surface area contributed by atoms with E-state index in [0.717, 1.165) is 0 Å². The highest BCUT2D eigenvalue weighted by atomic mass is 14.8. The van der Waals surface area contributed by atoms with Crippen LogP contribution in [0.5, 0.6) is 0 Å². The lowest BCUT2D eigenvalue weighted by molar-refractivity contribution is 1.34. The third kappa shape index (κ3) is 3.81. The number of nitrogens with two attached hydrogens (primary N) is 2. The minimum Gasteiger partial charge on any atom is -0.399 e. The van der Waals surface area contributed by atoms with Crippen LogP contribution in [0, 0.1) is 0 Å². The molecule has 0 aliphatic carbocycles. The zero-order chi connectivity index (χ0) is 9.52. The van der Waals surface area contributed by atoms with Gasteiger partial charge in [0.25, 0.3) is 0 Å². The van der Waals surface area contributed by atoms with Gasteiger partial charge in [-0.15, -0.1) is 0 Å². The van der Waals surface area contributed by atoms with E-state index in [2.05, 4.69) is 9.97 Å². The van der Waals surface area contributed by atoms with Crippen molar-refractivity contribution in [2.45, 2.75) is 0 Å². The van der Waals surface area contributed by atoms with Gasteiger partial charge < -0.3 is 16.5 Å². The first-order valence-corrected chi connectivity index (χ1v) is 3.84. The highest BCUT2D eigenvalue weighted by Gasteiger charge is 1.83. The molecule has 2 rings (SSSR count). The van der Waals surface area contributed by atoms with Crippen LogP contribution in [0.25, 0.3) is 0 Å². The summed E-state index contributed by atoms with van der Waals surface area (Å²) in [5.74, 6) is 0.463. The van der Waals surface area contributed by atoms with Gasteiger partial charge in [0.1, 0.15) is 5.82 Å². The monoisotopic (exact) mass is 176 g/mol. The number of hydrogen-bond donors (Lipinski definition) is 3. The molecule has 4 heteroatoms. The molecule has 0 saturated heterocycles. The fourth-order valence-corrected chi connectivity index (χ4v) is 0.743. The molecule has 13 heavy (non-hydrogen) atoms. The fourth-order valence-electron chi connectivity index (χ4n) is 0.743. The Hall–Kier alpha value is -1.97. The number of H-pyrrole nitrogens is 1. The third-order valence-corrected chi connectivity index (χ3v) is 1.30. The normalized spacial score (nSPS) is 8.62. The third-order valence-electron chi connectivity index (χ3n) is 1.30. The van der Waals surface area contributed by atoms with Crippen molar-refractivity contribution in [3.8, 4) is 0 Å². The van der Waals surface area contributed by atoms with E-state index in [-0.39, 0.29) is 0 Å². The first-order valence-electron chi connectivity index (χ1n) is 3.84. The molecule has 2 heterocycles. The van der Waals surface area contributed by atoms with Gasteiger partial charge in [-0.05, 0) is 18.2 Å². The van der Waals surface area contributed by atoms with E-state index < -0.39 is 0 Å². The average Bonchev–Trinajstić information content (AvgIpc) is 2.59. The molecule has 0 aromatic carbocycles. The summed E-state index contributed by atoms with van der Waals surface area (Å²) >= 11 is 0. The number of nitrogen functional groups attached to an aromatic ring is 2. The van der Waals surface area contributed by atoms with Gasteiger partial charge in [-0.2, -0.15) is 0 Å². The number of pyridine rings is 1. The zero-order valence-electron chi connectivity index (χ0n) is 7.14. The minimum absolute atomic E-state index is 0.463. The number of hydrogen-bond acceptors (Lipinski definition) is 3. The summed E-state index contributed by atoms with van der Waals surface area (Å²) in [6, 6.07) is 7.19. The molecule has 2 aromatic rings. The van der Waals surface area contributed by atoms with Crippen LogP contribution < -0.4 is 11.5 Å². The predicted octanol–water partition coefficient (Wildman–Crippen LogP) is 1.26. The number of aromatic nitrogens is 2. The molecule has 2 aromatic heterocycles. The van der Waals surface area contributed by atoms with Gasteiger partial charge in [-0.1, -0.05) is 0 Å². The Bertz CT molecular complexity index is 295. The summed E-state index contributed by atoms with van der Waals surface area (Å²) in [5.41, 5.74) is 11.3. The Morgan fingerprint density at radius 3 is 2.15 bits per heavy atom. The van der Waals surface area contributed by atoms with Gasteiger partial charge in [0.2, 0.25) is 0 Å². The van der Waals surface area contributed by atoms with Gasteiger partial charge in [0, 0.05) is 30.3 Å². The maximum Gasteiger partial charge on any atom is 0.125 e. The Morgan fingerprint density at radius 1 is 1.15 bits per heavy atom. The summed E-state index contributed by atoms with van der Waals surface area (Å²) in [6.45, 7) is 0. The average molecular weight is 176 g/mol. The Balaban J connectivity index is 0.000000145. The molecule has 0 fully saturated rings. The van der Waals surface area contributed by atoms with Crippen LogP contribution in [0.4, 0.5) is 11.5 Å². The summed E-state index contributed by atoms with van der Waals surface area (Å²) in [4.78, 5) is 6.60. The number of anilines is 2. The van der Waals surface area contributed by atoms with E-state index in [4.69, 9.17) is 11.5 Å². The fraction of sp³-hybridized carbons (Fsp3) is 0. The second-order valence-corrected chi connectivity index (χ2v) is 2.40. The molecule has 0 unspecified atom stereocenters. The van der Waals surface area contributed by atoms with Crippen LogP contribution in [0.1, 0.15) is 0 Å². The van der Waals surface area contributed by atoms with E-state index in [1.54, 1.807) is 18.3 Å². The van der Waals surface area contributed by atoms with Crippen molar-refractivity contribution in [1.29, 1.82) is 0 Å². The van der Waals surface area contributed by atoms with E-state index >= 15 is 0 Å². The summed E-state index contributed by atoms with van der Waals surface area (Å²) in [5, 5.41) is 0. The molecule has 0 atom stereocenters. The van der Waals surface area contributed by atoms with Gasteiger partial charge in [-0.3, -0.25) is 0 Å². The number of aromatic amines is 1. The van der Waals surface area contributed by atoms with Crippen molar-refractivity contribution in [3.63, 3.8) is 0 Å². The molecule has 0 spiro atoms. The molecular formula is C9H12N4. The minimum atomic E-state index is 0.463. The molecule has 0 amide bonds. The largest absolute Gasteiger partial charge is 0.399 e. The van der Waals surface area contributed by atoms with Crippen LogP contribution in [-0.4, -0.2) is 9.97 Å². The molecular weight excluding hydrogens is 164 g/mol. The summed E-state index contributed by atoms with van der Waals surface area (Å²) < 4.78 is 0. The Labute approximate surface area is 76.6 Å². The van der Waals surface area contributed by atoms with Gasteiger partial charge in [0.05, 0.1) is 0 Å². The summed E-state index contributed by atoms with van der Waals surface area (Å²) in [6.07, 6.45) is 5.32. The zero-order valence-corrected chi connectivity index (χ0v) is 7.14. The van der Waals surface area contributed by atoms with Crippen LogP contribution in [0.15, 0.2) is 42.9 Å². The topological polar surface area (TPSA) is 80.7 Å². The maximum atomic E-state index is 5.34. The van der Waals surface area contributed by atoms with Crippen LogP contribution in [-0.2, 0) is 0 Å². The highest BCUT2D eigenvalue weighted by molar-refractivity contribution is 5.45. The highest BCUT2D eigenvalue weighted by Crippen LogP contribution is 2.01. The van der Waals surface area contributed by atoms with Gasteiger partial charge in [-0.25, -0.2) is 4.98 Å². The lowest BCUT2D eigenvalue weighted by Gasteiger charge is -1.90. The molecule has 0 saturated carbocycles. The van der Waals surface area contributed by atoms with Crippen LogP contribution in [0.3, 0.4) is 0 Å². The van der Waals surface area contributed by atoms with E-state index in [1.165, 1.54) is 0 Å². The van der Waals surface area contributed by atoms with Crippen molar-refractivity contribution in [1.82, 2.24) is 9.97 Å². The van der Waals surface area contributed by atoms with Gasteiger partial charge >= 0.3 is 0 Å². The van der Waals surface area contributed by atoms with E-state index in [0.29, 0.717) is 11.5 Å². The van der Waals surface area contributed by atoms with Crippen molar-refractivity contribution >= 4 is 11.5 Å². The lowest BCUT2D eigenvalue weighted by atomic mass is 10.4. The van der Waals surface area contributed by atoms with E-state index in [9.17, 15) is 0 Å². The number of rotatable bonds is 0. The first kappa shape index (κ1) is 9.12. The molecule has 68 valence electrons. The van der Waals surface area contributed by atoms with Crippen molar-refractivity contribution < 1.29 is 0 Å². The lowest BCUT2D eigenvalue weighted by Crippen LogP contribution is -1.91. The predicted molar refractivity (Wildman–Crippen MR) is 53.9 cm³/mol. The molecule has 0 aliphatic heterocycles. The van der Waals surface area contributed by atoms with Crippen LogP contribution in [0.2, 0.25) is 0 Å². The van der Waals surface area contributed by atoms with Crippen molar-refractivity contribution in [2.75, 3.05) is 11.5 Å². The molecule has 0 aliphatic rings. The molecule has 4 nitrogen and oxygen atoms in total. The van der Waals surface area contributed by atoms with E-state index in [1.807, 2.05) is 24.5 Å². The smallest absolute Gasteiger partial charge is 0.125 e. The summed E-state index contributed by atoms with van der Waals surface area (Å²) in [7, 11) is 0. The molecule has 5 N–H and O–H groups in total. The second-order valence-electron chi connectivity index (χ2n) is 2.40. The maximum absolute atomic E-state index is 5.34. The number of nitrogens with one attached hydrogen (secondary N) is 1. The molecule has 0 radical (unpaired) electrons. The van der Waals surface area contributed by atoms with Gasteiger partial charge in [0.15, 0.2) is 0 Å². The molecule has 0 bridgehead atoms. The number of nitrogens with zero attached hydrogens (tertiary/aromatic N) is 1. The van der Waals surface area contributed by atoms with Crippen LogP contribution >= 0.6 is 0 Å². The Kier molecular flexibility index (Phi) is 3.38. The Morgan fingerprint density at radius 2 is 1.85 bits per heavy atom. The quantitative estimate of drug-likeness (QED) is 0.565.